The third kappa shape index (κ3) is 4.10. The van der Waals surface area contributed by atoms with E-state index < -0.39 is 6.97 Å². The summed E-state index contributed by atoms with van der Waals surface area (Å²) in [4.78, 5) is 0. The summed E-state index contributed by atoms with van der Waals surface area (Å²) in [7, 11) is 0. The van der Waals surface area contributed by atoms with Crippen LogP contribution in [0.15, 0.2) is 102 Å². The second-order valence-electron chi connectivity index (χ2n) is 12.8. The number of rotatable bonds is 5. The normalized spacial score (nSPS) is 15.7. The Balaban J connectivity index is 1.25. The lowest BCUT2D eigenvalue weighted by Gasteiger charge is -2.34. The predicted molar refractivity (Wildman–Crippen MR) is 188 cm³/mol. The van der Waals surface area contributed by atoms with Crippen LogP contribution in [0.4, 0.5) is 8.63 Å². The molecule has 0 amide bonds. The summed E-state index contributed by atoms with van der Waals surface area (Å²) >= 11 is 0. The van der Waals surface area contributed by atoms with Crippen molar-refractivity contribution in [3.8, 4) is 16.9 Å². The van der Waals surface area contributed by atoms with Gasteiger partial charge in [-0.25, -0.2) is 4.68 Å². The fraction of sp³-hybridized carbons (Fsp3) is 0.205. The second kappa shape index (κ2) is 10.5. The van der Waals surface area contributed by atoms with Crippen molar-refractivity contribution < 1.29 is 13.1 Å². The highest BCUT2D eigenvalue weighted by atomic mass is 19.2. The van der Waals surface area contributed by atoms with E-state index in [-0.39, 0.29) is 0 Å². The van der Waals surface area contributed by atoms with Gasteiger partial charge in [-0.1, -0.05) is 79.7 Å². The molecule has 0 bridgehead atoms. The van der Waals surface area contributed by atoms with Crippen LogP contribution in [0.5, 0.6) is 0 Å². The number of benzene rings is 4. The van der Waals surface area contributed by atoms with Gasteiger partial charge < -0.3 is 17.6 Å². The number of nitrogens with zero attached hydrogens (tertiary/aromatic N) is 5. The van der Waals surface area contributed by atoms with Gasteiger partial charge in [-0.2, -0.15) is 0 Å². The number of hydrogen-bond acceptors (Lipinski definition) is 2. The molecule has 0 saturated heterocycles. The van der Waals surface area contributed by atoms with Crippen LogP contribution in [-0.2, 0) is 6.42 Å². The van der Waals surface area contributed by atoms with E-state index in [1.165, 1.54) is 19.7 Å². The van der Waals surface area contributed by atoms with E-state index in [0.717, 1.165) is 61.1 Å². The van der Waals surface area contributed by atoms with Gasteiger partial charge in [-0.15, -0.1) is 5.10 Å². The zero-order valence-corrected chi connectivity index (χ0v) is 27.6. The van der Waals surface area contributed by atoms with E-state index in [0.29, 0.717) is 35.6 Å². The van der Waals surface area contributed by atoms with E-state index in [9.17, 15) is 0 Å². The average Bonchev–Trinajstić information content (AvgIpc) is 3.73. The largest absolute Gasteiger partial charge is 0.737 e. The minimum atomic E-state index is -4.06. The molecule has 5 nitrogen and oxygen atoms in total. The van der Waals surface area contributed by atoms with E-state index >= 15 is 8.63 Å². The molecule has 0 fully saturated rings. The summed E-state index contributed by atoms with van der Waals surface area (Å²) in [5.41, 5.74) is 10.8. The smallest absolute Gasteiger partial charge is 0.393 e. The predicted octanol–water partition coefficient (Wildman–Crippen LogP) is 9.43. The van der Waals surface area contributed by atoms with Gasteiger partial charge in [0.1, 0.15) is 11.4 Å². The second-order valence-corrected chi connectivity index (χ2v) is 12.8. The molecule has 0 atom stereocenters. The SMILES string of the molecule is CCC1=C(C)C2=C(c3ccc(-c4cn(-c5cccc6cc7ccccc7cc56)nn4)cc3)c3c(C)c(CC)c(C)n3[B-](F)(F)[N+]2=C1C. The number of allylic oxidation sites excluding steroid dienone is 2. The molecule has 0 N–H and O–H groups in total. The van der Waals surface area contributed by atoms with Gasteiger partial charge in [0.25, 0.3) is 0 Å². The van der Waals surface area contributed by atoms with E-state index in [2.05, 4.69) is 58.8 Å². The molecule has 2 aliphatic heterocycles. The lowest BCUT2D eigenvalue weighted by atomic mass is 9.83. The Bertz CT molecular complexity index is 2390. The maximum absolute atomic E-state index is 16.6. The fourth-order valence-electron chi connectivity index (χ4n) is 8.22. The Morgan fingerprint density at radius 2 is 1.47 bits per heavy atom. The molecule has 234 valence electrons. The summed E-state index contributed by atoms with van der Waals surface area (Å²) < 4.78 is 37.7. The Labute approximate surface area is 273 Å². The molecule has 4 heterocycles. The standard InChI is InChI=1S/C39H36BF2N5/c1-7-32-23(3)38-37(39-24(4)33(8-2)26(6)47(39)40(41,42)46(38)25(32)5)28-18-16-27(17-19-28)35-22-45(44-43-35)36-15-11-14-31-20-29-12-9-10-13-30(29)21-34(31)36/h9-22H,7-8H2,1-6H3. The van der Waals surface area contributed by atoms with Crippen molar-refractivity contribution in [3.05, 3.63) is 130 Å². The van der Waals surface area contributed by atoms with Crippen molar-refractivity contribution in [2.75, 3.05) is 0 Å². The van der Waals surface area contributed by atoms with Gasteiger partial charge >= 0.3 is 6.97 Å². The minimum absolute atomic E-state index is 0.627. The molecule has 47 heavy (non-hydrogen) atoms. The summed E-state index contributed by atoms with van der Waals surface area (Å²) in [5, 5.41) is 13.7. The number of halogens is 2. The Morgan fingerprint density at radius 3 is 2.17 bits per heavy atom. The van der Waals surface area contributed by atoms with Crippen molar-refractivity contribution in [1.82, 2.24) is 19.5 Å². The van der Waals surface area contributed by atoms with Gasteiger partial charge in [0, 0.05) is 34.7 Å². The molecule has 8 rings (SSSR count). The molecule has 0 aliphatic carbocycles. The van der Waals surface area contributed by atoms with Gasteiger partial charge in [0.05, 0.1) is 17.5 Å². The van der Waals surface area contributed by atoms with Crippen LogP contribution in [-0.4, -0.2) is 36.6 Å². The van der Waals surface area contributed by atoms with Crippen molar-refractivity contribution in [1.29, 1.82) is 0 Å². The van der Waals surface area contributed by atoms with Gasteiger partial charge in [0.2, 0.25) is 0 Å². The minimum Gasteiger partial charge on any atom is -0.393 e. The van der Waals surface area contributed by atoms with Crippen molar-refractivity contribution in [2.24, 2.45) is 0 Å². The number of fused-ring (bicyclic) bond motifs is 4. The third-order valence-corrected chi connectivity index (χ3v) is 10.4. The molecule has 2 aromatic heterocycles. The molecule has 0 spiro atoms. The van der Waals surface area contributed by atoms with E-state index in [1.807, 2.05) is 82.8 Å². The van der Waals surface area contributed by atoms with Gasteiger partial charge in [0.15, 0.2) is 5.70 Å². The van der Waals surface area contributed by atoms with Crippen LogP contribution in [0.3, 0.4) is 0 Å². The molecule has 0 saturated carbocycles. The maximum atomic E-state index is 16.6. The van der Waals surface area contributed by atoms with E-state index in [1.54, 1.807) is 0 Å². The van der Waals surface area contributed by atoms with Crippen molar-refractivity contribution >= 4 is 39.8 Å². The highest BCUT2D eigenvalue weighted by Gasteiger charge is 2.56. The molecule has 6 aromatic rings. The first-order valence-electron chi connectivity index (χ1n) is 16.4. The lowest BCUT2D eigenvalue weighted by Crippen LogP contribution is -2.51. The zero-order valence-electron chi connectivity index (χ0n) is 27.6. The Hall–Kier alpha value is -5.11. The van der Waals surface area contributed by atoms with Crippen LogP contribution in [0.2, 0.25) is 0 Å². The molecular formula is C39H36BF2N5. The number of hydrogen-bond donors (Lipinski definition) is 0. The highest BCUT2D eigenvalue weighted by molar-refractivity contribution is 6.58. The van der Waals surface area contributed by atoms with Crippen molar-refractivity contribution in [3.63, 3.8) is 0 Å². The summed E-state index contributed by atoms with van der Waals surface area (Å²) in [6.45, 7) is 7.69. The van der Waals surface area contributed by atoms with Crippen LogP contribution in [0, 0.1) is 13.8 Å². The lowest BCUT2D eigenvalue weighted by molar-refractivity contribution is -0.363. The summed E-state index contributed by atoms with van der Waals surface area (Å²) in [6, 6.07) is 27.1. The highest BCUT2D eigenvalue weighted by Crippen LogP contribution is 2.47. The van der Waals surface area contributed by atoms with E-state index in [4.69, 9.17) is 0 Å². The Kier molecular flexibility index (Phi) is 6.52. The van der Waals surface area contributed by atoms with Gasteiger partial charge in [-0.3, -0.25) is 0 Å². The first-order valence-corrected chi connectivity index (χ1v) is 16.4. The zero-order chi connectivity index (χ0) is 32.8. The van der Waals surface area contributed by atoms with Crippen LogP contribution >= 0.6 is 0 Å². The monoisotopic (exact) mass is 623 g/mol. The molecular weight excluding hydrogens is 587 g/mol. The first-order chi connectivity index (χ1) is 22.6. The van der Waals surface area contributed by atoms with Crippen LogP contribution in [0.25, 0.3) is 44.1 Å². The topological polar surface area (TPSA) is 38.6 Å². The maximum Gasteiger partial charge on any atom is 0.737 e. The quantitative estimate of drug-likeness (QED) is 0.142. The first kappa shape index (κ1) is 29.3. The average molecular weight is 624 g/mol. The van der Waals surface area contributed by atoms with Crippen molar-refractivity contribution in [2.45, 2.75) is 54.4 Å². The fourth-order valence-corrected chi connectivity index (χ4v) is 8.22. The van der Waals surface area contributed by atoms with Crippen LogP contribution in [0.1, 0.15) is 62.2 Å². The molecule has 0 radical (unpaired) electrons. The van der Waals surface area contributed by atoms with Crippen LogP contribution < -0.4 is 0 Å². The molecule has 8 heteroatoms. The summed E-state index contributed by atoms with van der Waals surface area (Å²) in [6.07, 6.45) is 3.35. The molecule has 0 unspecified atom stereocenters. The molecule has 4 aromatic carbocycles. The molecule has 2 aliphatic rings. The number of aromatic nitrogens is 4. The summed E-state index contributed by atoms with van der Waals surface area (Å²) in [5.74, 6) is 0. The Morgan fingerprint density at radius 1 is 0.787 bits per heavy atom. The third-order valence-electron chi connectivity index (χ3n) is 10.4. The van der Waals surface area contributed by atoms with Gasteiger partial charge in [-0.05, 0) is 90.4 Å².